The molecule has 0 spiro atoms. The van der Waals surface area contributed by atoms with Crippen LogP contribution in [0.2, 0.25) is 0 Å². The minimum absolute atomic E-state index is 0.588. The summed E-state index contributed by atoms with van der Waals surface area (Å²) in [5.41, 5.74) is 16.1. The van der Waals surface area contributed by atoms with E-state index in [1.807, 2.05) is 12.1 Å². The second-order valence-electron chi connectivity index (χ2n) is 2.31. The van der Waals surface area contributed by atoms with Crippen molar-refractivity contribution in [1.82, 2.24) is 0 Å². The smallest absolute Gasteiger partial charge is 0.296 e. The predicted molar refractivity (Wildman–Crippen MR) is 44.3 cm³/mol. The van der Waals surface area contributed by atoms with Crippen LogP contribution < -0.4 is 5.73 Å². The van der Waals surface area contributed by atoms with Gasteiger partial charge in [0.05, 0.1) is 5.56 Å². The van der Waals surface area contributed by atoms with E-state index in [1.54, 1.807) is 19.1 Å². The Balaban J connectivity index is 3.08. The molecule has 1 rings (SSSR count). The Labute approximate surface area is 65.1 Å². The molecular weight excluding hydrogens is 138 g/mol. The lowest BCUT2D eigenvalue weighted by atomic mass is 10.1. The average Bonchev–Trinajstić information content (AvgIpc) is 2.05. The fourth-order valence-corrected chi connectivity index (χ4v) is 0.782. The molecule has 0 aromatic heterocycles. The Morgan fingerprint density at radius 2 is 1.91 bits per heavy atom. The highest BCUT2D eigenvalue weighted by Gasteiger charge is 2.01. The predicted octanol–water partition coefficient (Wildman–Crippen LogP) is 1.31. The molecule has 11 heavy (non-hydrogen) atoms. The number of nitrogens with zero attached hydrogens (tertiary/aromatic N) is 2. The van der Waals surface area contributed by atoms with Crippen LogP contribution in [0.15, 0.2) is 24.3 Å². The zero-order valence-electron chi connectivity index (χ0n) is 6.28. The van der Waals surface area contributed by atoms with Gasteiger partial charge in [-0.2, -0.15) is 4.79 Å². The van der Waals surface area contributed by atoms with E-state index in [0.29, 0.717) is 11.4 Å². The minimum atomic E-state index is 0.588. The van der Waals surface area contributed by atoms with Crippen molar-refractivity contribution in [3.05, 3.63) is 35.4 Å². The average molecular weight is 147 g/mol. The molecule has 0 amide bonds. The van der Waals surface area contributed by atoms with E-state index < -0.39 is 0 Å². The maximum absolute atomic E-state index is 8.41. The summed E-state index contributed by atoms with van der Waals surface area (Å²) in [6.45, 7) is 1.73. The van der Waals surface area contributed by atoms with Crippen molar-refractivity contribution in [3.8, 4) is 0 Å². The molecule has 0 radical (unpaired) electrons. The van der Waals surface area contributed by atoms with E-state index >= 15 is 0 Å². The Hall–Kier alpha value is -1.60. The van der Waals surface area contributed by atoms with Crippen LogP contribution in [0.1, 0.15) is 12.5 Å². The van der Waals surface area contributed by atoms with Gasteiger partial charge >= 0.3 is 0 Å². The summed E-state index contributed by atoms with van der Waals surface area (Å²) < 4.78 is 0. The monoisotopic (exact) mass is 147 g/mol. The summed E-state index contributed by atoms with van der Waals surface area (Å²) in [5, 5.41) is 0. The molecule has 0 saturated heterocycles. The van der Waals surface area contributed by atoms with Crippen LogP contribution in [0, 0.1) is 0 Å². The Morgan fingerprint density at radius 1 is 1.36 bits per heavy atom. The highest BCUT2D eigenvalue weighted by atomic mass is 14.8. The molecule has 0 saturated carbocycles. The largest absolute Gasteiger partial charge is 0.399 e. The molecule has 3 heteroatoms. The topological polar surface area (TPSA) is 62.4 Å². The lowest BCUT2D eigenvalue weighted by Gasteiger charge is -1.92. The van der Waals surface area contributed by atoms with E-state index in [-0.39, 0.29) is 0 Å². The SMILES string of the molecule is CC(=[N+]=[N-])c1ccc(N)cc1. The Kier molecular flexibility index (Phi) is 2.04. The zero-order valence-corrected chi connectivity index (χ0v) is 6.28. The fraction of sp³-hybridized carbons (Fsp3) is 0.125. The van der Waals surface area contributed by atoms with Crippen molar-refractivity contribution in [2.45, 2.75) is 6.92 Å². The first-order valence-corrected chi connectivity index (χ1v) is 3.28. The number of nitrogens with two attached hydrogens (primary N) is 1. The molecule has 2 N–H and O–H groups in total. The lowest BCUT2D eigenvalue weighted by Crippen LogP contribution is -1.95. The van der Waals surface area contributed by atoms with Crippen LogP contribution in [0.4, 0.5) is 5.69 Å². The van der Waals surface area contributed by atoms with E-state index in [1.165, 1.54) is 0 Å². The molecule has 0 atom stereocenters. The standard InChI is InChI=1S/C8H9N3/c1-6(11-10)7-2-4-8(9)5-3-7/h2-5H,9H2,1H3. The van der Waals surface area contributed by atoms with Crippen molar-refractivity contribution < 1.29 is 4.79 Å². The molecule has 0 bridgehead atoms. The number of nitrogen functional groups attached to an aromatic ring is 1. The second-order valence-corrected chi connectivity index (χ2v) is 2.31. The van der Waals surface area contributed by atoms with E-state index in [2.05, 4.69) is 4.79 Å². The summed E-state index contributed by atoms with van der Waals surface area (Å²) in [6.07, 6.45) is 0. The maximum Gasteiger partial charge on any atom is 0.296 e. The third kappa shape index (κ3) is 1.66. The van der Waals surface area contributed by atoms with Crippen molar-refractivity contribution in [2.75, 3.05) is 5.73 Å². The van der Waals surface area contributed by atoms with Crippen molar-refractivity contribution in [1.29, 1.82) is 0 Å². The van der Waals surface area contributed by atoms with Gasteiger partial charge < -0.3 is 11.3 Å². The Morgan fingerprint density at radius 3 is 2.36 bits per heavy atom. The molecule has 56 valence electrons. The molecule has 0 aliphatic rings. The third-order valence-electron chi connectivity index (χ3n) is 1.48. The van der Waals surface area contributed by atoms with Gasteiger partial charge in [0, 0.05) is 12.6 Å². The minimum Gasteiger partial charge on any atom is -0.399 e. The van der Waals surface area contributed by atoms with Gasteiger partial charge in [0.15, 0.2) is 0 Å². The fourth-order valence-electron chi connectivity index (χ4n) is 0.782. The first-order chi connectivity index (χ1) is 5.24. The second kappa shape index (κ2) is 2.99. The molecule has 0 aliphatic carbocycles. The molecular formula is C8H9N3. The first-order valence-electron chi connectivity index (χ1n) is 3.28. The number of benzene rings is 1. The summed E-state index contributed by atoms with van der Waals surface area (Å²) in [6, 6.07) is 7.16. The number of hydrogen-bond acceptors (Lipinski definition) is 1. The molecule has 1 aromatic carbocycles. The van der Waals surface area contributed by atoms with Gasteiger partial charge in [-0.1, -0.05) is 0 Å². The summed E-state index contributed by atoms with van der Waals surface area (Å²) in [4.78, 5) is 3.06. The summed E-state index contributed by atoms with van der Waals surface area (Å²) in [7, 11) is 0. The lowest BCUT2D eigenvalue weighted by molar-refractivity contribution is -0.00459. The van der Waals surface area contributed by atoms with Crippen LogP contribution in [-0.2, 0) is 0 Å². The van der Waals surface area contributed by atoms with Crippen molar-refractivity contribution in [3.63, 3.8) is 0 Å². The van der Waals surface area contributed by atoms with Crippen LogP contribution in [0.5, 0.6) is 0 Å². The molecule has 3 nitrogen and oxygen atoms in total. The first kappa shape index (κ1) is 7.51. The van der Waals surface area contributed by atoms with Crippen LogP contribution in [0.3, 0.4) is 0 Å². The quantitative estimate of drug-likeness (QED) is 0.277. The van der Waals surface area contributed by atoms with Gasteiger partial charge in [0.1, 0.15) is 0 Å². The van der Waals surface area contributed by atoms with Crippen molar-refractivity contribution >= 4 is 11.4 Å². The summed E-state index contributed by atoms with van der Waals surface area (Å²) in [5.74, 6) is 0. The van der Waals surface area contributed by atoms with Gasteiger partial charge in [0.2, 0.25) is 0 Å². The van der Waals surface area contributed by atoms with Gasteiger partial charge in [-0.25, -0.2) is 0 Å². The van der Waals surface area contributed by atoms with Gasteiger partial charge in [-0.15, -0.1) is 0 Å². The van der Waals surface area contributed by atoms with Gasteiger partial charge in [-0.05, 0) is 24.3 Å². The van der Waals surface area contributed by atoms with E-state index in [4.69, 9.17) is 11.3 Å². The molecule has 1 aromatic rings. The molecule has 0 heterocycles. The number of anilines is 1. The van der Waals surface area contributed by atoms with E-state index in [9.17, 15) is 0 Å². The molecule has 0 unspecified atom stereocenters. The van der Waals surface area contributed by atoms with Gasteiger partial charge in [0.25, 0.3) is 5.71 Å². The third-order valence-corrected chi connectivity index (χ3v) is 1.48. The number of rotatable bonds is 1. The molecule has 0 aliphatic heterocycles. The number of hydrogen-bond donors (Lipinski definition) is 1. The zero-order chi connectivity index (χ0) is 8.27. The highest BCUT2D eigenvalue weighted by molar-refractivity contribution is 5.94. The highest BCUT2D eigenvalue weighted by Crippen LogP contribution is 2.04. The van der Waals surface area contributed by atoms with Crippen LogP contribution in [0.25, 0.3) is 5.53 Å². The summed E-state index contributed by atoms with van der Waals surface area (Å²) >= 11 is 0. The maximum atomic E-state index is 8.41. The molecule has 0 fully saturated rings. The normalized spacial score (nSPS) is 8.82. The van der Waals surface area contributed by atoms with E-state index in [0.717, 1.165) is 5.56 Å². The van der Waals surface area contributed by atoms with Crippen LogP contribution >= 0.6 is 0 Å². The Bertz CT molecular complexity index is 294. The van der Waals surface area contributed by atoms with Crippen molar-refractivity contribution in [2.24, 2.45) is 0 Å². The van der Waals surface area contributed by atoms with Crippen LogP contribution in [-0.4, -0.2) is 10.5 Å². The van der Waals surface area contributed by atoms with Gasteiger partial charge in [-0.3, -0.25) is 0 Å².